The van der Waals surface area contributed by atoms with Gasteiger partial charge in [0.2, 0.25) is 5.92 Å². The number of aromatic amines is 1. The summed E-state index contributed by atoms with van der Waals surface area (Å²) in [6.07, 6.45) is -2.87. The Bertz CT molecular complexity index is 1080. The fraction of sp³-hybridized carbons (Fsp3) is 0.591. The number of alkyl halides is 5. The van der Waals surface area contributed by atoms with Crippen LogP contribution >= 0.6 is 0 Å². The van der Waals surface area contributed by atoms with Gasteiger partial charge in [-0.05, 0) is 37.2 Å². The summed E-state index contributed by atoms with van der Waals surface area (Å²) in [5.74, 6) is -7.82. The molecular weight excluding hydrogens is 433 g/mol. The highest BCUT2D eigenvalue weighted by Crippen LogP contribution is 2.54. The van der Waals surface area contributed by atoms with E-state index in [0.29, 0.717) is 19.3 Å². The molecule has 0 saturated heterocycles. The van der Waals surface area contributed by atoms with Gasteiger partial charge in [-0.3, -0.25) is 14.6 Å². The van der Waals surface area contributed by atoms with Crippen LogP contribution in [0.15, 0.2) is 23.1 Å². The van der Waals surface area contributed by atoms with Crippen molar-refractivity contribution in [1.82, 2.24) is 9.97 Å². The number of nitrogens with one attached hydrogen (secondary N) is 1. The minimum absolute atomic E-state index is 0.00430. The minimum Gasteiger partial charge on any atom is -0.364 e. The summed E-state index contributed by atoms with van der Waals surface area (Å²) in [4.78, 5) is 31.2. The van der Waals surface area contributed by atoms with E-state index in [4.69, 9.17) is 5.73 Å². The number of nitrogens with zero attached hydrogens (tertiary/aromatic N) is 1. The summed E-state index contributed by atoms with van der Waals surface area (Å²) in [6, 6.07) is 2.53. The summed E-state index contributed by atoms with van der Waals surface area (Å²) >= 11 is 0. The normalized spacial score (nSPS) is 28.5. The second-order valence-electron chi connectivity index (χ2n) is 9.00. The van der Waals surface area contributed by atoms with Crippen molar-refractivity contribution in [3.63, 3.8) is 0 Å². The molecular formula is C22H24F5N3O2. The van der Waals surface area contributed by atoms with Gasteiger partial charge in [0.05, 0.1) is 16.8 Å². The topological polar surface area (TPSA) is 88.8 Å². The number of rotatable bonds is 3. The van der Waals surface area contributed by atoms with E-state index in [1.54, 1.807) is 0 Å². The molecule has 1 amide bonds. The molecule has 2 saturated carbocycles. The number of halogens is 5. The summed E-state index contributed by atoms with van der Waals surface area (Å²) in [6.45, 7) is 0. The van der Waals surface area contributed by atoms with Crippen LogP contribution in [0, 0.1) is 17.8 Å². The molecule has 2 fully saturated rings. The SMILES string of the molecule is NC(=O)c1nccc2[nH]c(C3CC(F)(F)CCC3C3CCCCC3C(F)(F)F)cc(=O)c12. The van der Waals surface area contributed by atoms with Crippen LogP contribution in [0.3, 0.4) is 0 Å². The van der Waals surface area contributed by atoms with Crippen LogP contribution in [-0.4, -0.2) is 28.0 Å². The molecule has 10 heteroatoms. The fourth-order valence-corrected chi connectivity index (χ4v) is 5.69. The van der Waals surface area contributed by atoms with Crippen molar-refractivity contribution in [2.45, 2.75) is 63.0 Å². The molecule has 0 radical (unpaired) electrons. The molecule has 2 aliphatic rings. The zero-order chi connectivity index (χ0) is 23.3. The molecule has 0 aliphatic heterocycles. The van der Waals surface area contributed by atoms with Gasteiger partial charge in [0, 0.05) is 36.7 Å². The average Bonchev–Trinajstić information content (AvgIpc) is 2.72. The number of H-pyrrole nitrogens is 1. The van der Waals surface area contributed by atoms with Gasteiger partial charge in [0.15, 0.2) is 5.43 Å². The van der Waals surface area contributed by atoms with Gasteiger partial charge in [-0.2, -0.15) is 13.2 Å². The van der Waals surface area contributed by atoms with Gasteiger partial charge in [-0.15, -0.1) is 0 Å². The number of primary amides is 1. The number of pyridine rings is 2. The van der Waals surface area contributed by atoms with Crippen LogP contribution in [-0.2, 0) is 0 Å². The number of aromatic nitrogens is 2. The highest BCUT2D eigenvalue weighted by molar-refractivity contribution is 6.03. The quantitative estimate of drug-likeness (QED) is 0.642. The highest BCUT2D eigenvalue weighted by atomic mass is 19.4. The van der Waals surface area contributed by atoms with E-state index in [-0.39, 0.29) is 35.1 Å². The van der Waals surface area contributed by atoms with Crippen molar-refractivity contribution >= 4 is 16.8 Å². The van der Waals surface area contributed by atoms with Gasteiger partial charge < -0.3 is 10.7 Å². The van der Waals surface area contributed by atoms with Crippen LogP contribution in [0.1, 0.15) is 67.0 Å². The van der Waals surface area contributed by atoms with E-state index in [0.717, 1.165) is 6.07 Å². The van der Waals surface area contributed by atoms with E-state index in [1.807, 2.05) is 0 Å². The Kier molecular flexibility index (Phi) is 5.75. The largest absolute Gasteiger partial charge is 0.392 e. The zero-order valence-electron chi connectivity index (χ0n) is 17.2. The predicted molar refractivity (Wildman–Crippen MR) is 107 cm³/mol. The van der Waals surface area contributed by atoms with Crippen molar-refractivity contribution in [2.75, 3.05) is 0 Å². The molecule has 174 valence electrons. The first-order chi connectivity index (χ1) is 15.0. The van der Waals surface area contributed by atoms with Gasteiger partial charge in [0.25, 0.3) is 5.91 Å². The van der Waals surface area contributed by atoms with Crippen molar-refractivity contribution in [3.8, 4) is 0 Å². The van der Waals surface area contributed by atoms with Gasteiger partial charge in [-0.25, -0.2) is 8.78 Å². The standard InChI is InChI=1S/C22H24F5N3O2/c23-21(24)7-5-11(12-3-1-2-4-14(12)22(25,26)27)13(10-21)16-9-17(31)18-15(30-16)6-8-29-19(18)20(28)32/h6,8-9,11-14H,1-5,7,10H2,(H2,28,32)(H,30,31). The first-order valence-corrected chi connectivity index (χ1v) is 10.7. The van der Waals surface area contributed by atoms with E-state index < -0.39 is 59.9 Å². The third kappa shape index (κ3) is 4.23. The van der Waals surface area contributed by atoms with E-state index in [1.165, 1.54) is 12.3 Å². The van der Waals surface area contributed by atoms with Crippen LogP contribution in [0.25, 0.3) is 10.9 Å². The van der Waals surface area contributed by atoms with E-state index >= 15 is 0 Å². The van der Waals surface area contributed by atoms with Gasteiger partial charge in [-0.1, -0.05) is 12.8 Å². The number of nitrogens with two attached hydrogens (primary N) is 1. The molecule has 2 heterocycles. The molecule has 3 N–H and O–H groups in total. The summed E-state index contributed by atoms with van der Waals surface area (Å²) in [5, 5.41) is -0.0614. The molecule has 4 atom stereocenters. The zero-order valence-corrected chi connectivity index (χ0v) is 17.2. The maximum absolute atomic E-state index is 14.4. The Labute approximate surface area is 180 Å². The first-order valence-electron chi connectivity index (χ1n) is 10.7. The number of amides is 1. The van der Waals surface area contributed by atoms with Crippen LogP contribution in [0.4, 0.5) is 22.0 Å². The third-order valence-electron chi connectivity index (χ3n) is 7.06. The number of carbonyl (C=O) groups excluding carboxylic acids is 1. The van der Waals surface area contributed by atoms with Crippen molar-refractivity contribution in [3.05, 3.63) is 39.9 Å². The molecule has 5 nitrogen and oxygen atoms in total. The second kappa shape index (κ2) is 8.12. The summed E-state index contributed by atoms with van der Waals surface area (Å²) < 4.78 is 70.1. The molecule has 4 unspecified atom stereocenters. The van der Waals surface area contributed by atoms with Crippen molar-refractivity contribution < 1.29 is 26.7 Å². The number of hydrogen-bond acceptors (Lipinski definition) is 3. The van der Waals surface area contributed by atoms with Gasteiger partial charge >= 0.3 is 6.18 Å². The number of carbonyl (C=O) groups is 1. The lowest BCUT2D eigenvalue weighted by Gasteiger charge is -2.45. The monoisotopic (exact) mass is 457 g/mol. The van der Waals surface area contributed by atoms with Crippen molar-refractivity contribution in [2.24, 2.45) is 23.5 Å². The molecule has 2 aromatic rings. The van der Waals surface area contributed by atoms with E-state index in [2.05, 4.69) is 9.97 Å². The summed E-state index contributed by atoms with van der Waals surface area (Å²) in [5.41, 5.74) is 4.77. The van der Waals surface area contributed by atoms with Gasteiger partial charge in [0.1, 0.15) is 5.69 Å². The lowest BCUT2D eigenvalue weighted by atomic mass is 9.62. The summed E-state index contributed by atoms with van der Waals surface area (Å²) in [7, 11) is 0. The molecule has 0 bridgehead atoms. The van der Waals surface area contributed by atoms with Crippen LogP contribution in [0.5, 0.6) is 0 Å². The molecule has 4 rings (SSSR count). The predicted octanol–water partition coefficient (Wildman–Crippen LogP) is 4.91. The molecule has 2 aliphatic carbocycles. The third-order valence-corrected chi connectivity index (χ3v) is 7.06. The maximum atomic E-state index is 14.4. The van der Waals surface area contributed by atoms with Crippen LogP contribution < -0.4 is 11.2 Å². The van der Waals surface area contributed by atoms with Crippen LogP contribution in [0.2, 0.25) is 0 Å². The lowest BCUT2D eigenvalue weighted by Crippen LogP contribution is -2.43. The Morgan fingerprint density at radius 1 is 1.16 bits per heavy atom. The lowest BCUT2D eigenvalue weighted by molar-refractivity contribution is -0.206. The van der Waals surface area contributed by atoms with Crippen molar-refractivity contribution in [1.29, 1.82) is 0 Å². The number of hydrogen-bond donors (Lipinski definition) is 2. The Hall–Kier alpha value is -2.52. The maximum Gasteiger partial charge on any atom is 0.392 e. The molecule has 0 aromatic carbocycles. The number of fused-ring (bicyclic) bond motifs is 1. The highest BCUT2D eigenvalue weighted by Gasteiger charge is 2.52. The van der Waals surface area contributed by atoms with E-state index in [9.17, 15) is 31.5 Å². The average molecular weight is 457 g/mol. The second-order valence-corrected chi connectivity index (χ2v) is 9.00. The molecule has 32 heavy (non-hydrogen) atoms. The molecule has 2 aromatic heterocycles. The Morgan fingerprint density at radius 3 is 2.56 bits per heavy atom. The molecule has 0 spiro atoms. The minimum atomic E-state index is -4.39. The fourth-order valence-electron chi connectivity index (χ4n) is 5.69. The Balaban J connectivity index is 1.80. The first kappa shape index (κ1) is 22.7. The Morgan fingerprint density at radius 2 is 1.88 bits per heavy atom. The smallest absolute Gasteiger partial charge is 0.364 e.